The standard InChI is InChI=1S/C14H24N6/c1-2-17-12-9-14(16,10-3-5-11(15)6-4-10)19-20-8-7-18-13(12)20/h7-11,17,19H,2-6,15-16H2,1H3. The highest BCUT2D eigenvalue weighted by Gasteiger charge is 2.39. The Balaban J connectivity index is 1.88. The minimum Gasteiger partial charge on any atom is -0.382 e. The van der Waals surface area contributed by atoms with Gasteiger partial charge in [-0.3, -0.25) is 0 Å². The van der Waals surface area contributed by atoms with Crippen molar-refractivity contribution in [1.29, 1.82) is 0 Å². The van der Waals surface area contributed by atoms with Crippen LogP contribution in [0, 0.1) is 5.92 Å². The zero-order valence-electron chi connectivity index (χ0n) is 12.0. The van der Waals surface area contributed by atoms with Crippen molar-refractivity contribution in [1.82, 2.24) is 15.0 Å². The van der Waals surface area contributed by atoms with E-state index in [1.165, 1.54) is 0 Å². The first kappa shape index (κ1) is 13.5. The van der Waals surface area contributed by atoms with E-state index < -0.39 is 5.66 Å². The van der Waals surface area contributed by atoms with Gasteiger partial charge in [-0.2, -0.15) is 0 Å². The van der Waals surface area contributed by atoms with Crippen LogP contribution in [0.4, 0.5) is 0 Å². The summed E-state index contributed by atoms with van der Waals surface area (Å²) in [4.78, 5) is 4.37. The second-order valence-corrected chi connectivity index (χ2v) is 5.87. The van der Waals surface area contributed by atoms with Gasteiger partial charge in [-0.15, -0.1) is 0 Å². The molecular formula is C14H24N6. The summed E-state index contributed by atoms with van der Waals surface area (Å²) < 4.78 is 1.92. The van der Waals surface area contributed by atoms with Gasteiger partial charge in [-0.1, -0.05) is 0 Å². The number of imidazole rings is 1. The van der Waals surface area contributed by atoms with Crippen LogP contribution in [-0.2, 0) is 0 Å². The number of hydrogen-bond acceptors (Lipinski definition) is 5. The van der Waals surface area contributed by atoms with Gasteiger partial charge in [0.1, 0.15) is 5.66 Å². The summed E-state index contributed by atoms with van der Waals surface area (Å²) in [7, 11) is 0. The van der Waals surface area contributed by atoms with Crippen molar-refractivity contribution < 1.29 is 0 Å². The number of nitrogens with one attached hydrogen (secondary N) is 2. The fourth-order valence-corrected chi connectivity index (χ4v) is 3.26. The van der Waals surface area contributed by atoms with Crippen LogP contribution in [0.5, 0.6) is 0 Å². The fourth-order valence-electron chi connectivity index (χ4n) is 3.26. The largest absolute Gasteiger partial charge is 0.382 e. The lowest BCUT2D eigenvalue weighted by Crippen LogP contribution is -2.59. The average Bonchev–Trinajstić information content (AvgIpc) is 2.87. The Morgan fingerprint density at radius 1 is 1.45 bits per heavy atom. The fraction of sp³-hybridized carbons (Fsp3) is 0.643. The summed E-state index contributed by atoms with van der Waals surface area (Å²) in [5.41, 5.74) is 16.5. The van der Waals surface area contributed by atoms with Gasteiger partial charge < -0.3 is 22.2 Å². The van der Waals surface area contributed by atoms with Crippen molar-refractivity contribution >= 4 is 5.70 Å². The highest BCUT2D eigenvalue weighted by molar-refractivity contribution is 5.62. The third-order valence-electron chi connectivity index (χ3n) is 4.39. The molecule has 20 heavy (non-hydrogen) atoms. The van der Waals surface area contributed by atoms with Crippen LogP contribution < -0.4 is 22.2 Å². The molecule has 1 atom stereocenters. The molecule has 1 aliphatic heterocycles. The van der Waals surface area contributed by atoms with Crippen LogP contribution >= 0.6 is 0 Å². The summed E-state index contributed by atoms with van der Waals surface area (Å²) in [5, 5.41) is 3.36. The molecule has 0 aromatic carbocycles. The van der Waals surface area contributed by atoms with E-state index in [0.29, 0.717) is 12.0 Å². The van der Waals surface area contributed by atoms with E-state index in [9.17, 15) is 0 Å². The van der Waals surface area contributed by atoms with E-state index >= 15 is 0 Å². The maximum atomic E-state index is 6.66. The molecule has 6 nitrogen and oxygen atoms in total. The molecule has 110 valence electrons. The third-order valence-corrected chi connectivity index (χ3v) is 4.39. The molecule has 1 aromatic heterocycles. The Hall–Kier alpha value is -1.53. The second kappa shape index (κ2) is 5.10. The normalized spacial score (nSPS) is 33.0. The number of nitrogens with two attached hydrogens (primary N) is 2. The summed E-state index contributed by atoms with van der Waals surface area (Å²) >= 11 is 0. The Morgan fingerprint density at radius 2 is 2.20 bits per heavy atom. The lowest BCUT2D eigenvalue weighted by Gasteiger charge is -2.42. The molecule has 1 fully saturated rings. The molecule has 1 saturated carbocycles. The summed E-state index contributed by atoms with van der Waals surface area (Å²) in [6, 6.07) is 0.333. The lowest BCUT2D eigenvalue weighted by atomic mass is 9.78. The van der Waals surface area contributed by atoms with Crippen molar-refractivity contribution in [3.05, 3.63) is 24.3 Å². The van der Waals surface area contributed by atoms with E-state index in [1.807, 2.05) is 10.9 Å². The van der Waals surface area contributed by atoms with Crippen molar-refractivity contribution in [2.45, 2.75) is 44.3 Å². The van der Waals surface area contributed by atoms with Crippen LogP contribution in [0.2, 0.25) is 0 Å². The second-order valence-electron chi connectivity index (χ2n) is 5.87. The van der Waals surface area contributed by atoms with E-state index in [4.69, 9.17) is 11.5 Å². The van der Waals surface area contributed by atoms with Gasteiger partial charge in [0.25, 0.3) is 0 Å². The highest BCUT2D eigenvalue weighted by atomic mass is 15.5. The molecule has 0 saturated heterocycles. The van der Waals surface area contributed by atoms with Gasteiger partial charge in [0.2, 0.25) is 0 Å². The highest BCUT2D eigenvalue weighted by Crippen LogP contribution is 2.34. The van der Waals surface area contributed by atoms with Crippen molar-refractivity contribution in [3.63, 3.8) is 0 Å². The molecule has 1 aliphatic carbocycles. The molecule has 1 aromatic rings. The molecule has 6 heteroatoms. The number of fused-ring (bicyclic) bond motifs is 1. The van der Waals surface area contributed by atoms with Crippen LogP contribution in [0.25, 0.3) is 5.70 Å². The number of hydrogen-bond donors (Lipinski definition) is 4. The van der Waals surface area contributed by atoms with E-state index in [0.717, 1.165) is 43.7 Å². The molecule has 2 aliphatic rings. The maximum Gasteiger partial charge on any atom is 0.174 e. The summed E-state index contributed by atoms with van der Waals surface area (Å²) in [6.45, 7) is 2.93. The van der Waals surface area contributed by atoms with Gasteiger partial charge >= 0.3 is 0 Å². The van der Waals surface area contributed by atoms with Crippen molar-refractivity contribution in [2.75, 3.05) is 12.0 Å². The van der Waals surface area contributed by atoms with Crippen LogP contribution in [0.1, 0.15) is 38.4 Å². The first-order valence-electron chi connectivity index (χ1n) is 7.45. The molecule has 2 heterocycles. The Morgan fingerprint density at radius 3 is 2.90 bits per heavy atom. The Bertz CT molecular complexity index is 500. The molecule has 6 N–H and O–H groups in total. The predicted octanol–water partition coefficient (Wildman–Crippen LogP) is 0.563. The quantitative estimate of drug-likeness (QED) is 0.647. The molecule has 1 unspecified atom stereocenters. The van der Waals surface area contributed by atoms with E-state index in [-0.39, 0.29) is 0 Å². The minimum absolute atomic E-state index is 0.333. The van der Waals surface area contributed by atoms with Gasteiger partial charge in [0, 0.05) is 30.9 Å². The third kappa shape index (κ3) is 2.29. The van der Waals surface area contributed by atoms with Gasteiger partial charge in [-0.25, -0.2) is 9.66 Å². The van der Waals surface area contributed by atoms with Crippen LogP contribution in [-0.4, -0.2) is 27.9 Å². The van der Waals surface area contributed by atoms with E-state index in [2.05, 4.69) is 28.7 Å². The van der Waals surface area contributed by atoms with Crippen LogP contribution in [0.15, 0.2) is 18.5 Å². The van der Waals surface area contributed by atoms with Gasteiger partial charge in [-0.05, 0) is 38.7 Å². The maximum absolute atomic E-state index is 6.66. The first-order chi connectivity index (χ1) is 9.62. The van der Waals surface area contributed by atoms with Crippen molar-refractivity contribution in [3.8, 4) is 0 Å². The number of aromatic nitrogens is 2. The van der Waals surface area contributed by atoms with Crippen molar-refractivity contribution in [2.24, 2.45) is 17.4 Å². The van der Waals surface area contributed by atoms with Gasteiger partial charge in [0.05, 0.1) is 5.70 Å². The number of rotatable bonds is 3. The molecule has 0 amide bonds. The molecule has 0 bridgehead atoms. The summed E-state index contributed by atoms with van der Waals surface area (Å²) in [5.74, 6) is 1.28. The topological polar surface area (TPSA) is 93.9 Å². The lowest BCUT2D eigenvalue weighted by molar-refractivity contribution is 0.238. The molecular weight excluding hydrogens is 252 g/mol. The zero-order valence-corrected chi connectivity index (χ0v) is 12.0. The predicted molar refractivity (Wildman–Crippen MR) is 80.1 cm³/mol. The summed E-state index contributed by atoms with van der Waals surface area (Å²) in [6.07, 6.45) is 10.0. The molecule has 0 spiro atoms. The average molecular weight is 276 g/mol. The number of nitrogens with zero attached hydrogens (tertiary/aromatic N) is 2. The SMILES string of the molecule is CCNC1=CC(N)(C2CCC(N)CC2)Nn2ccnc21. The molecule has 0 radical (unpaired) electrons. The van der Waals surface area contributed by atoms with Gasteiger partial charge in [0.15, 0.2) is 5.82 Å². The monoisotopic (exact) mass is 276 g/mol. The Labute approximate surface area is 119 Å². The van der Waals surface area contributed by atoms with Crippen LogP contribution in [0.3, 0.4) is 0 Å². The smallest absolute Gasteiger partial charge is 0.174 e. The first-order valence-corrected chi connectivity index (χ1v) is 7.45. The zero-order chi connectivity index (χ0) is 14.2. The molecule has 3 rings (SSSR count). The Kier molecular flexibility index (Phi) is 3.43. The van der Waals surface area contributed by atoms with E-state index in [1.54, 1.807) is 6.20 Å². The minimum atomic E-state index is -0.536.